The Kier molecular flexibility index (Phi) is 9.11. The predicted molar refractivity (Wildman–Crippen MR) is 134 cm³/mol. The van der Waals surface area contributed by atoms with Crippen LogP contribution in [0.15, 0.2) is 59.5 Å². The fourth-order valence-electron chi connectivity index (χ4n) is 3.61. The monoisotopic (exact) mass is 524 g/mol. The number of rotatable bonds is 11. The molecule has 192 valence electrons. The number of piperidine rings is 1. The first-order valence-electron chi connectivity index (χ1n) is 11.4. The molecule has 35 heavy (non-hydrogen) atoms. The second kappa shape index (κ2) is 11.8. The van der Waals surface area contributed by atoms with Crippen LogP contribution in [0.25, 0.3) is 0 Å². The number of carbonyl (C=O) groups is 1. The number of hydrogen-bond acceptors (Lipinski definition) is 6. The van der Waals surface area contributed by atoms with E-state index in [0.29, 0.717) is 24.5 Å². The first-order valence-corrected chi connectivity index (χ1v) is 14.2. The molecule has 0 radical (unpaired) electrons. The minimum absolute atomic E-state index is 0.135. The topological polar surface area (TPSA) is 116 Å². The third kappa shape index (κ3) is 6.94. The Balaban J connectivity index is 1.51. The third-order valence-corrected chi connectivity index (χ3v) is 9.27. The van der Waals surface area contributed by atoms with E-state index in [1.54, 1.807) is 42.5 Å². The summed E-state index contributed by atoms with van der Waals surface area (Å²) < 4.78 is 60.0. The first-order chi connectivity index (χ1) is 16.6. The molecule has 1 amide bonds. The maximum Gasteiger partial charge on any atom is 0.304 e. The van der Waals surface area contributed by atoms with Crippen LogP contribution in [0.4, 0.5) is 5.69 Å². The molecule has 3 rings (SSSR count). The van der Waals surface area contributed by atoms with Gasteiger partial charge in [0, 0.05) is 27.2 Å². The van der Waals surface area contributed by atoms with Crippen LogP contribution in [0.1, 0.15) is 19.3 Å². The van der Waals surface area contributed by atoms with Crippen LogP contribution in [0.2, 0.25) is 0 Å². The quantitative estimate of drug-likeness (QED) is 0.447. The highest BCUT2D eigenvalue weighted by Crippen LogP contribution is 2.23. The molecule has 1 saturated heterocycles. The predicted octanol–water partition coefficient (Wildman–Crippen LogP) is 1.67. The van der Waals surface area contributed by atoms with Gasteiger partial charge in [0.25, 0.3) is 0 Å². The van der Waals surface area contributed by atoms with Crippen LogP contribution in [-0.4, -0.2) is 78.2 Å². The summed E-state index contributed by atoms with van der Waals surface area (Å²) in [5.41, 5.74) is 0.382. The van der Waals surface area contributed by atoms with Gasteiger partial charge in [0.2, 0.25) is 15.9 Å². The van der Waals surface area contributed by atoms with Crippen molar-refractivity contribution in [2.45, 2.75) is 24.2 Å². The second-order valence-corrected chi connectivity index (χ2v) is 12.3. The van der Waals surface area contributed by atoms with Gasteiger partial charge >= 0.3 is 10.2 Å². The average Bonchev–Trinajstić information content (AvgIpc) is 2.86. The van der Waals surface area contributed by atoms with Crippen molar-refractivity contribution >= 4 is 31.8 Å². The maximum absolute atomic E-state index is 12.7. The van der Waals surface area contributed by atoms with Crippen molar-refractivity contribution in [1.29, 1.82) is 0 Å². The van der Waals surface area contributed by atoms with E-state index < -0.39 is 26.1 Å². The van der Waals surface area contributed by atoms with Gasteiger partial charge in [-0.1, -0.05) is 24.6 Å². The largest absolute Gasteiger partial charge is 0.492 e. The van der Waals surface area contributed by atoms with Crippen molar-refractivity contribution in [2.24, 2.45) is 0 Å². The Morgan fingerprint density at radius 2 is 1.57 bits per heavy atom. The van der Waals surface area contributed by atoms with Crippen molar-refractivity contribution in [2.75, 3.05) is 51.2 Å². The number of amides is 1. The lowest BCUT2D eigenvalue weighted by Crippen LogP contribution is -2.46. The smallest absolute Gasteiger partial charge is 0.304 e. The van der Waals surface area contributed by atoms with E-state index in [1.807, 2.05) is 0 Å². The fourth-order valence-corrected chi connectivity index (χ4v) is 6.19. The van der Waals surface area contributed by atoms with E-state index in [1.165, 1.54) is 30.5 Å². The Hall–Kier alpha value is -2.67. The summed E-state index contributed by atoms with van der Waals surface area (Å²) in [5, 5.41) is 2.65. The summed E-state index contributed by atoms with van der Waals surface area (Å²) in [6, 6.07) is 14.6. The number of benzene rings is 2. The SMILES string of the molecule is CN(C)S(=O)(=O)N(CC(=O)NCCOc1ccc(S(=O)(=O)N2CCCCC2)cc1)c1ccccc1. The molecule has 0 bridgehead atoms. The van der Waals surface area contributed by atoms with Crippen LogP contribution < -0.4 is 14.4 Å². The molecule has 1 aliphatic heterocycles. The maximum atomic E-state index is 12.7. The van der Waals surface area contributed by atoms with Gasteiger partial charge in [-0.2, -0.15) is 17.0 Å². The first kappa shape index (κ1) is 26.9. The van der Waals surface area contributed by atoms with E-state index in [4.69, 9.17) is 4.74 Å². The average molecular weight is 525 g/mol. The van der Waals surface area contributed by atoms with Crippen LogP contribution in [-0.2, 0) is 25.0 Å². The number of anilines is 1. The molecule has 0 spiro atoms. The van der Waals surface area contributed by atoms with Crippen molar-refractivity contribution in [1.82, 2.24) is 13.9 Å². The Morgan fingerprint density at radius 3 is 2.17 bits per heavy atom. The van der Waals surface area contributed by atoms with E-state index in [2.05, 4.69) is 5.32 Å². The van der Waals surface area contributed by atoms with E-state index in [-0.39, 0.29) is 24.6 Å². The van der Waals surface area contributed by atoms with Gasteiger partial charge in [0.05, 0.1) is 17.1 Å². The summed E-state index contributed by atoms with van der Waals surface area (Å²) >= 11 is 0. The molecule has 2 aromatic carbocycles. The molecular formula is C23H32N4O6S2. The lowest BCUT2D eigenvalue weighted by molar-refractivity contribution is -0.119. The highest BCUT2D eigenvalue weighted by Gasteiger charge is 2.27. The number of para-hydroxylation sites is 1. The molecule has 1 heterocycles. The standard InChI is InChI=1S/C23H32N4O6S2/c1-25(2)35(31,32)27(20-9-5-3-6-10-20)19-23(28)24-15-18-33-21-11-13-22(14-12-21)34(29,30)26-16-7-4-8-17-26/h3,5-6,9-14H,4,7-8,15-19H2,1-2H3,(H,24,28). The van der Waals surface area contributed by atoms with Gasteiger partial charge in [0.15, 0.2) is 0 Å². The minimum atomic E-state index is -3.86. The summed E-state index contributed by atoms with van der Waals surface area (Å²) in [5.74, 6) is -0.0104. The zero-order valence-electron chi connectivity index (χ0n) is 20.0. The summed E-state index contributed by atoms with van der Waals surface area (Å²) in [7, 11) is -4.56. The van der Waals surface area contributed by atoms with Crippen LogP contribution in [0, 0.1) is 0 Å². The normalized spacial score (nSPS) is 15.1. The highest BCUT2D eigenvalue weighted by molar-refractivity contribution is 7.90. The molecule has 0 atom stereocenters. The van der Waals surface area contributed by atoms with Gasteiger partial charge in [-0.15, -0.1) is 0 Å². The molecule has 0 aliphatic carbocycles. The minimum Gasteiger partial charge on any atom is -0.492 e. The lowest BCUT2D eigenvalue weighted by atomic mass is 10.2. The summed E-state index contributed by atoms with van der Waals surface area (Å²) in [4.78, 5) is 12.7. The Morgan fingerprint density at radius 1 is 0.943 bits per heavy atom. The van der Waals surface area contributed by atoms with Gasteiger partial charge in [-0.25, -0.2) is 12.7 Å². The number of nitrogens with zero attached hydrogens (tertiary/aromatic N) is 3. The molecule has 1 aliphatic rings. The zero-order chi connectivity index (χ0) is 25.5. The number of carbonyl (C=O) groups excluding carboxylic acids is 1. The molecular weight excluding hydrogens is 492 g/mol. The molecule has 0 aromatic heterocycles. The Bertz CT molecular complexity index is 1180. The third-order valence-electron chi connectivity index (χ3n) is 5.54. The van der Waals surface area contributed by atoms with E-state index >= 15 is 0 Å². The van der Waals surface area contributed by atoms with E-state index in [9.17, 15) is 21.6 Å². The molecule has 12 heteroatoms. The highest BCUT2D eigenvalue weighted by atomic mass is 32.2. The molecule has 0 unspecified atom stereocenters. The lowest BCUT2D eigenvalue weighted by Gasteiger charge is -2.26. The van der Waals surface area contributed by atoms with Crippen LogP contribution in [0.3, 0.4) is 0 Å². The summed E-state index contributed by atoms with van der Waals surface area (Å²) in [6.45, 7) is 0.982. The number of sulfonamides is 1. The van der Waals surface area contributed by atoms with Crippen molar-refractivity contribution in [3.63, 3.8) is 0 Å². The number of ether oxygens (including phenoxy) is 1. The number of hydrogen-bond donors (Lipinski definition) is 1. The number of nitrogens with one attached hydrogen (secondary N) is 1. The zero-order valence-corrected chi connectivity index (χ0v) is 21.6. The van der Waals surface area contributed by atoms with Gasteiger partial charge < -0.3 is 10.1 Å². The van der Waals surface area contributed by atoms with Crippen molar-refractivity contribution in [3.8, 4) is 5.75 Å². The molecule has 0 saturated carbocycles. The van der Waals surface area contributed by atoms with Crippen LogP contribution >= 0.6 is 0 Å². The van der Waals surface area contributed by atoms with Gasteiger partial charge in [0.1, 0.15) is 18.9 Å². The van der Waals surface area contributed by atoms with Crippen molar-refractivity contribution < 1.29 is 26.4 Å². The molecule has 1 N–H and O–H groups in total. The van der Waals surface area contributed by atoms with Gasteiger partial charge in [-0.05, 0) is 49.2 Å². The van der Waals surface area contributed by atoms with Crippen LogP contribution in [0.5, 0.6) is 5.75 Å². The van der Waals surface area contributed by atoms with Crippen molar-refractivity contribution in [3.05, 3.63) is 54.6 Å². The van der Waals surface area contributed by atoms with Gasteiger partial charge in [-0.3, -0.25) is 4.79 Å². The second-order valence-electron chi connectivity index (χ2n) is 8.27. The molecule has 10 nitrogen and oxygen atoms in total. The summed E-state index contributed by atoms with van der Waals surface area (Å²) in [6.07, 6.45) is 2.79. The van der Waals surface area contributed by atoms with E-state index in [0.717, 1.165) is 27.9 Å². The molecule has 1 fully saturated rings. The molecule has 2 aromatic rings. The Labute approximate surface area is 207 Å². The fraction of sp³-hybridized carbons (Fsp3) is 0.435.